The maximum atomic E-state index is 5.88. The number of likely N-dealkylation sites (tertiary alicyclic amines) is 1. The predicted molar refractivity (Wildman–Crippen MR) is 85.1 cm³/mol. The van der Waals surface area contributed by atoms with Crippen LogP contribution in [0.1, 0.15) is 59.8 Å². The summed E-state index contributed by atoms with van der Waals surface area (Å²) in [6.07, 6.45) is 6.91. The van der Waals surface area contributed by atoms with E-state index >= 15 is 0 Å². The van der Waals surface area contributed by atoms with Crippen LogP contribution >= 0.6 is 0 Å². The van der Waals surface area contributed by atoms with Crippen molar-refractivity contribution in [2.24, 2.45) is 5.41 Å². The maximum Gasteiger partial charge on any atom is 0.0702 e. The number of nitrogens with one attached hydrogen (secondary N) is 1. The molecule has 1 heterocycles. The lowest BCUT2D eigenvalue weighted by molar-refractivity contribution is -0.0125. The smallest absolute Gasteiger partial charge is 0.0702 e. The Morgan fingerprint density at radius 1 is 1.25 bits per heavy atom. The van der Waals surface area contributed by atoms with Crippen molar-refractivity contribution in [1.29, 1.82) is 0 Å². The number of ether oxygens (including phenoxy) is 1. The van der Waals surface area contributed by atoms with Crippen LogP contribution in [0.2, 0.25) is 0 Å². The summed E-state index contributed by atoms with van der Waals surface area (Å²) in [5.74, 6) is 0. The van der Waals surface area contributed by atoms with E-state index in [0.29, 0.717) is 23.6 Å². The second-order valence-electron chi connectivity index (χ2n) is 7.24. The molecule has 3 heteroatoms. The fraction of sp³-hybridized carbons (Fsp3) is 1.00. The van der Waals surface area contributed by atoms with E-state index in [1.165, 1.54) is 38.6 Å². The predicted octanol–water partition coefficient (Wildman–Crippen LogP) is 3.04. The van der Waals surface area contributed by atoms with Crippen molar-refractivity contribution in [1.82, 2.24) is 10.2 Å². The minimum Gasteiger partial charge on any atom is -0.377 e. The van der Waals surface area contributed by atoms with Gasteiger partial charge in [0.1, 0.15) is 0 Å². The van der Waals surface area contributed by atoms with Crippen LogP contribution in [0, 0.1) is 5.41 Å². The maximum absolute atomic E-state index is 5.88. The average molecular weight is 282 g/mol. The van der Waals surface area contributed by atoms with Crippen LogP contribution < -0.4 is 5.32 Å². The number of piperidine rings is 1. The van der Waals surface area contributed by atoms with Crippen molar-refractivity contribution in [2.75, 3.05) is 26.2 Å². The van der Waals surface area contributed by atoms with Crippen LogP contribution in [0.25, 0.3) is 0 Å². The summed E-state index contributed by atoms with van der Waals surface area (Å²) >= 11 is 0. The van der Waals surface area contributed by atoms with E-state index in [0.717, 1.165) is 19.7 Å². The quantitative estimate of drug-likeness (QED) is 0.810. The summed E-state index contributed by atoms with van der Waals surface area (Å²) in [5, 5.41) is 3.83. The normalized spacial score (nSPS) is 34.5. The summed E-state index contributed by atoms with van der Waals surface area (Å²) in [5.41, 5.74) is 0.429. The lowest BCUT2D eigenvalue weighted by atomic mass is 9.86. The molecule has 3 nitrogen and oxygen atoms in total. The van der Waals surface area contributed by atoms with E-state index in [9.17, 15) is 0 Å². The van der Waals surface area contributed by atoms with Crippen molar-refractivity contribution in [3.05, 3.63) is 0 Å². The Kier molecular flexibility index (Phi) is 5.88. The second kappa shape index (κ2) is 7.24. The van der Waals surface area contributed by atoms with Crippen LogP contribution in [0.3, 0.4) is 0 Å². The van der Waals surface area contributed by atoms with Gasteiger partial charge in [0.05, 0.1) is 6.10 Å². The highest BCUT2D eigenvalue weighted by Crippen LogP contribution is 2.40. The number of hydrogen-bond acceptors (Lipinski definition) is 3. The molecule has 0 spiro atoms. The Morgan fingerprint density at radius 3 is 2.75 bits per heavy atom. The molecule has 118 valence electrons. The average Bonchev–Trinajstić information content (AvgIpc) is 2.72. The van der Waals surface area contributed by atoms with Gasteiger partial charge in [0.25, 0.3) is 0 Å². The molecule has 0 aromatic heterocycles. The molecule has 2 fully saturated rings. The zero-order valence-corrected chi connectivity index (χ0v) is 14.0. The molecule has 3 atom stereocenters. The van der Waals surface area contributed by atoms with Gasteiger partial charge in [-0.2, -0.15) is 0 Å². The van der Waals surface area contributed by atoms with E-state index < -0.39 is 0 Å². The molecule has 0 radical (unpaired) electrons. The SMILES string of the molecule is CCCNC1C(N2CCCC(OCC)C2)CCC1(C)C. The molecule has 3 unspecified atom stereocenters. The first-order valence-corrected chi connectivity index (χ1v) is 8.67. The van der Waals surface area contributed by atoms with Crippen molar-refractivity contribution in [3.63, 3.8) is 0 Å². The van der Waals surface area contributed by atoms with Gasteiger partial charge in [-0.15, -0.1) is 0 Å². The van der Waals surface area contributed by atoms with Crippen LogP contribution in [0.4, 0.5) is 0 Å². The summed E-state index contributed by atoms with van der Waals surface area (Å²) in [7, 11) is 0. The van der Waals surface area contributed by atoms with Gasteiger partial charge in [-0.05, 0) is 57.5 Å². The van der Waals surface area contributed by atoms with Gasteiger partial charge in [-0.1, -0.05) is 20.8 Å². The van der Waals surface area contributed by atoms with E-state index in [2.05, 4.69) is 37.9 Å². The number of hydrogen-bond donors (Lipinski definition) is 1. The Hall–Kier alpha value is -0.120. The highest BCUT2D eigenvalue weighted by atomic mass is 16.5. The minimum absolute atomic E-state index is 0.429. The van der Waals surface area contributed by atoms with Crippen LogP contribution in [0.15, 0.2) is 0 Å². The van der Waals surface area contributed by atoms with E-state index in [-0.39, 0.29) is 0 Å². The van der Waals surface area contributed by atoms with Gasteiger partial charge >= 0.3 is 0 Å². The summed E-state index contributed by atoms with van der Waals surface area (Å²) in [6.45, 7) is 13.6. The zero-order valence-electron chi connectivity index (χ0n) is 14.0. The molecule has 1 saturated heterocycles. The van der Waals surface area contributed by atoms with Crippen molar-refractivity contribution >= 4 is 0 Å². The molecule has 1 aliphatic carbocycles. The van der Waals surface area contributed by atoms with Gasteiger partial charge in [0.15, 0.2) is 0 Å². The molecule has 1 N–H and O–H groups in total. The van der Waals surface area contributed by atoms with Crippen LogP contribution in [-0.2, 0) is 4.74 Å². The van der Waals surface area contributed by atoms with Gasteiger partial charge in [0, 0.05) is 25.2 Å². The van der Waals surface area contributed by atoms with Gasteiger partial charge in [-0.25, -0.2) is 0 Å². The van der Waals surface area contributed by atoms with Crippen molar-refractivity contribution in [2.45, 2.75) is 78.0 Å². The van der Waals surface area contributed by atoms with Crippen molar-refractivity contribution < 1.29 is 4.74 Å². The molecule has 0 amide bonds. The molecule has 1 aliphatic heterocycles. The first kappa shape index (κ1) is 16.3. The molecule has 0 aromatic carbocycles. The monoisotopic (exact) mass is 282 g/mol. The van der Waals surface area contributed by atoms with E-state index in [1.54, 1.807) is 0 Å². The summed E-state index contributed by atoms with van der Waals surface area (Å²) < 4.78 is 5.88. The minimum atomic E-state index is 0.429. The molecule has 0 aromatic rings. The van der Waals surface area contributed by atoms with Crippen LogP contribution in [0.5, 0.6) is 0 Å². The van der Waals surface area contributed by atoms with E-state index in [4.69, 9.17) is 4.74 Å². The molecule has 1 saturated carbocycles. The Morgan fingerprint density at radius 2 is 2.05 bits per heavy atom. The Labute approximate surface area is 125 Å². The standard InChI is InChI=1S/C17H34N2O/c1-5-11-18-16-15(9-10-17(16,3)4)19-12-7-8-14(13-19)20-6-2/h14-16,18H,5-13H2,1-4H3. The molecule has 20 heavy (non-hydrogen) atoms. The van der Waals surface area contributed by atoms with Crippen molar-refractivity contribution in [3.8, 4) is 0 Å². The molecular weight excluding hydrogens is 248 g/mol. The summed E-state index contributed by atoms with van der Waals surface area (Å²) in [6, 6.07) is 1.35. The first-order chi connectivity index (χ1) is 9.58. The lowest BCUT2D eigenvalue weighted by Gasteiger charge is -2.41. The zero-order chi connectivity index (χ0) is 14.6. The summed E-state index contributed by atoms with van der Waals surface area (Å²) in [4.78, 5) is 2.71. The third-order valence-electron chi connectivity index (χ3n) is 5.21. The number of rotatable bonds is 6. The van der Waals surface area contributed by atoms with E-state index in [1.807, 2.05) is 0 Å². The molecular formula is C17H34N2O. The fourth-order valence-corrected chi connectivity index (χ4v) is 4.11. The van der Waals surface area contributed by atoms with Gasteiger partial charge in [0.2, 0.25) is 0 Å². The third-order valence-corrected chi connectivity index (χ3v) is 5.21. The molecule has 0 bridgehead atoms. The third kappa shape index (κ3) is 3.75. The number of nitrogens with zero attached hydrogens (tertiary/aromatic N) is 1. The Balaban J connectivity index is 1.98. The molecule has 2 rings (SSSR count). The van der Waals surface area contributed by atoms with Gasteiger partial charge in [-0.3, -0.25) is 4.90 Å². The lowest BCUT2D eigenvalue weighted by Crippen LogP contribution is -2.55. The first-order valence-electron chi connectivity index (χ1n) is 8.67. The molecule has 2 aliphatic rings. The fourth-order valence-electron chi connectivity index (χ4n) is 4.11. The Bertz CT molecular complexity index is 291. The highest BCUT2D eigenvalue weighted by molar-refractivity contribution is 5.01. The highest BCUT2D eigenvalue weighted by Gasteiger charge is 2.44. The van der Waals surface area contributed by atoms with Crippen LogP contribution in [-0.4, -0.2) is 49.3 Å². The van der Waals surface area contributed by atoms with Gasteiger partial charge < -0.3 is 10.1 Å². The topological polar surface area (TPSA) is 24.5 Å². The largest absolute Gasteiger partial charge is 0.377 e. The second-order valence-corrected chi connectivity index (χ2v) is 7.24.